The standard InChI is InChI=1S/C47H29NS.2C41H25NS/c1-2-10-32(11-3-1)46-37-14-6-8-16-39(37)47(40-17-9-7-15-38(40)46)36-22-24-43(48-29-36)31-20-18-30(19-21-31)35-23-25-44-41(27-35)42-26-33-12-4-5-13-34(33)28-45(42)49-44;1-2-12-27(13-3-1)38-30-15-6-8-17-32(30)39(33-18-9-7-16-31(33)38)28-21-23-36(42-25-28)34-19-10-20-35-40-29-14-5-4-11-26(29)22-24-37(40)43-41(34)35;1-2-11-26(12-3-1)39-30-15-6-8-17-32(30)40(33-18-9-7-16-31(33)39)29-21-22-36(42-25-29)34-19-10-20-37-41(34)35-23-27-13-4-5-14-28(27)24-38(35)43-37/h1-29H;2*1-25H. The van der Waals surface area contributed by atoms with Gasteiger partial charge in [-0.1, -0.05) is 394 Å². The number of benzene rings is 22. The zero-order chi connectivity index (χ0) is 89.0. The molecule has 0 bridgehead atoms. The summed E-state index contributed by atoms with van der Waals surface area (Å²) in [5.41, 5.74) is 23.5. The molecule has 28 aromatic rings. The van der Waals surface area contributed by atoms with E-state index in [9.17, 15) is 0 Å². The van der Waals surface area contributed by atoms with Gasteiger partial charge in [-0.2, -0.15) is 0 Å². The van der Waals surface area contributed by atoms with Crippen LogP contribution in [0.5, 0.6) is 0 Å². The van der Waals surface area contributed by atoms with E-state index in [1.54, 1.807) is 0 Å². The zero-order valence-electron chi connectivity index (χ0n) is 73.2. The minimum absolute atomic E-state index is 0.968. The molecule has 0 radical (unpaired) electrons. The van der Waals surface area contributed by atoms with E-state index in [1.165, 1.54) is 230 Å². The second-order valence-corrected chi connectivity index (χ2v) is 38.1. The maximum absolute atomic E-state index is 5.12. The first-order chi connectivity index (χ1) is 67.0. The minimum atomic E-state index is 0.968. The predicted octanol–water partition coefficient (Wildman–Crippen LogP) is 37.4. The highest BCUT2D eigenvalue weighted by atomic mass is 32.1. The number of hydrogen-bond donors (Lipinski definition) is 0. The lowest BCUT2D eigenvalue weighted by Crippen LogP contribution is -1.92. The van der Waals surface area contributed by atoms with Crippen molar-refractivity contribution in [3.63, 3.8) is 0 Å². The van der Waals surface area contributed by atoms with Gasteiger partial charge in [-0.15, -0.1) is 34.0 Å². The molecule has 0 spiro atoms. The molecule has 0 saturated heterocycles. The molecule has 22 aromatic carbocycles. The Morgan fingerprint density at radius 1 is 0.141 bits per heavy atom. The van der Waals surface area contributed by atoms with Crippen LogP contribution < -0.4 is 0 Å². The van der Waals surface area contributed by atoms with Crippen molar-refractivity contribution in [2.45, 2.75) is 0 Å². The smallest absolute Gasteiger partial charge is 0.0716 e. The highest BCUT2D eigenvalue weighted by molar-refractivity contribution is 7.27. The van der Waals surface area contributed by atoms with Crippen LogP contribution in [0, 0.1) is 0 Å². The van der Waals surface area contributed by atoms with Gasteiger partial charge < -0.3 is 0 Å². The molecular weight excluding hydrogens is 1690 g/mol. The van der Waals surface area contributed by atoms with Crippen molar-refractivity contribution in [3.05, 3.63) is 480 Å². The number of nitrogens with zero attached hydrogens (tertiary/aromatic N) is 3. The maximum Gasteiger partial charge on any atom is 0.0716 e. The summed E-state index contributed by atoms with van der Waals surface area (Å²) in [7, 11) is 0. The summed E-state index contributed by atoms with van der Waals surface area (Å²) in [6, 6.07) is 167. The summed E-state index contributed by atoms with van der Waals surface area (Å²) in [5.74, 6) is 0. The molecule has 28 rings (SSSR count). The summed E-state index contributed by atoms with van der Waals surface area (Å²) < 4.78 is 7.87. The van der Waals surface area contributed by atoms with Crippen molar-refractivity contribution in [2.75, 3.05) is 0 Å². The second-order valence-electron chi connectivity index (χ2n) is 34.9. The Balaban J connectivity index is 0.000000106. The molecule has 0 saturated carbocycles. The molecule has 0 N–H and O–H groups in total. The van der Waals surface area contributed by atoms with Crippen molar-refractivity contribution < 1.29 is 0 Å². The molecule has 0 amide bonds. The van der Waals surface area contributed by atoms with Crippen LogP contribution >= 0.6 is 34.0 Å². The number of rotatable bonds is 10. The first-order valence-electron chi connectivity index (χ1n) is 46.0. The van der Waals surface area contributed by atoms with Gasteiger partial charge in [-0.3, -0.25) is 15.0 Å². The van der Waals surface area contributed by atoms with E-state index in [-0.39, 0.29) is 0 Å². The summed E-state index contributed by atoms with van der Waals surface area (Å²) in [5, 5.41) is 30.6. The molecule has 0 aliphatic carbocycles. The fraction of sp³-hybridized carbons (Fsp3) is 0. The van der Waals surface area contributed by atoms with E-state index >= 15 is 0 Å². The summed E-state index contributed by atoms with van der Waals surface area (Å²) in [6.45, 7) is 0. The number of aromatic nitrogens is 3. The lowest BCUT2D eigenvalue weighted by atomic mass is 9.86. The van der Waals surface area contributed by atoms with Gasteiger partial charge in [0.25, 0.3) is 0 Å². The van der Waals surface area contributed by atoms with Crippen molar-refractivity contribution in [1.82, 2.24) is 15.0 Å². The highest BCUT2D eigenvalue weighted by Crippen LogP contribution is 2.51. The quantitative estimate of drug-likeness (QED) is 0.128. The van der Waals surface area contributed by atoms with Crippen LogP contribution in [0.25, 0.3) is 269 Å². The van der Waals surface area contributed by atoms with Crippen LogP contribution in [0.3, 0.4) is 0 Å². The van der Waals surface area contributed by atoms with Gasteiger partial charge in [0, 0.05) is 112 Å². The average Bonchev–Trinajstić information content (AvgIpc) is 1.74. The monoisotopic (exact) mass is 1770 g/mol. The van der Waals surface area contributed by atoms with Crippen molar-refractivity contribution >= 4 is 191 Å². The molecule has 0 aliphatic heterocycles. The molecule has 6 aromatic heterocycles. The van der Waals surface area contributed by atoms with Crippen molar-refractivity contribution in [1.29, 1.82) is 0 Å². The van der Waals surface area contributed by atoms with Gasteiger partial charge in [-0.25, -0.2) is 0 Å². The third-order valence-electron chi connectivity index (χ3n) is 27.3. The minimum Gasteiger partial charge on any atom is -0.256 e. The number of pyridine rings is 3. The van der Waals surface area contributed by atoms with E-state index in [2.05, 4.69) is 473 Å². The Labute approximate surface area is 791 Å². The molecule has 6 heterocycles. The van der Waals surface area contributed by atoms with Gasteiger partial charge in [0.15, 0.2) is 0 Å². The maximum atomic E-state index is 5.12. The molecule has 0 fully saturated rings. The van der Waals surface area contributed by atoms with Crippen LogP contribution in [0.15, 0.2) is 480 Å². The summed E-state index contributed by atoms with van der Waals surface area (Å²) in [6.07, 6.45) is 6.17. The van der Waals surface area contributed by atoms with Gasteiger partial charge in [0.2, 0.25) is 0 Å². The molecule has 135 heavy (non-hydrogen) atoms. The third-order valence-corrected chi connectivity index (χ3v) is 30.7. The molecule has 0 unspecified atom stereocenters. The zero-order valence-corrected chi connectivity index (χ0v) is 75.6. The molecule has 3 nitrogen and oxygen atoms in total. The lowest BCUT2D eigenvalue weighted by molar-refractivity contribution is 1.33. The number of thiophene rings is 3. The lowest BCUT2D eigenvalue weighted by Gasteiger charge is -2.17. The Hall–Kier alpha value is -16.7. The third kappa shape index (κ3) is 13.8. The van der Waals surface area contributed by atoms with Crippen molar-refractivity contribution in [3.8, 4) is 112 Å². The van der Waals surface area contributed by atoms with Gasteiger partial charge in [0.05, 0.1) is 17.1 Å². The summed E-state index contributed by atoms with van der Waals surface area (Å²) in [4.78, 5) is 15.2. The first-order valence-corrected chi connectivity index (χ1v) is 48.4. The Morgan fingerprint density at radius 2 is 0.452 bits per heavy atom. The molecule has 628 valence electrons. The van der Waals surface area contributed by atoms with Crippen LogP contribution in [-0.2, 0) is 0 Å². The van der Waals surface area contributed by atoms with Gasteiger partial charge >= 0.3 is 0 Å². The SMILES string of the molecule is c1ccc(-c2c3ccccc3c(-c3ccc(-c4ccc(-c5ccc6sc7cc8ccccc8cc7c6c5)cc4)nc3)c3ccccc23)cc1.c1ccc(-c2c3ccccc3c(-c3ccc(-c4cccc5c4sc4ccc6ccccc6c45)nc3)c3ccccc23)cc1.c1ccc(-c2c3ccccc3c(-c3ccc(-c4cccc5sc6cc7ccccc7cc6c45)nc3)c3ccccc23)cc1. The molecule has 6 heteroatoms. The van der Waals surface area contributed by atoms with Gasteiger partial charge in [0.1, 0.15) is 0 Å². The topological polar surface area (TPSA) is 38.7 Å². The van der Waals surface area contributed by atoms with E-state index < -0.39 is 0 Å². The molecule has 0 atom stereocenters. The van der Waals surface area contributed by atoms with Crippen LogP contribution in [0.4, 0.5) is 0 Å². The van der Waals surface area contributed by atoms with Crippen LogP contribution in [0.1, 0.15) is 0 Å². The van der Waals surface area contributed by atoms with Crippen LogP contribution in [0.2, 0.25) is 0 Å². The fourth-order valence-electron chi connectivity index (χ4n) is 21.2. The average molecular weight is 1770 g/mol. The van der Waals surface area contributed by atoms with Crippen LogP contribution in [-0.4, -0.2) is 15.0 Å². The van der Waals surface area contributed by atoms with Gasteiger partial charge in [-0.05, 0) is 225 Å². The Bertz CT molecular complexity index is 9410. The Kier molecular flexibility index (Phi) is 19.5. The molecular formula is C129H79N3S3. The highest BCUT2D eigenvalue weighted by Gasteiger charge is 2.24. The fourth-order valence-corrected chi connectivity index (χ4v) is 24.7. The summed E-state index contributed by atoms with van der Waals surface area (Å²) >= 11 is 5.59. The van der Waals surface area contributed by atoms with Crippen molar-refractivity contribution in [2.24, 2.45) is 0 Å². The van der Waals surface area contributed by atoms with E-state index in [0.29, 0.717) is 0 Å². The number of fused-ring (bicyclic) bond motifs is 19. The van der Waals surface area contributed by atoms with E-state index in [0.717, 1.165) is 39.3 Å². The number of hydrogen-bond acceptors (Lipinski definition) is 6. The Morgan fingerprint density at radius 3 is 0.896 bits per heavy atom. The normalized spacial score (nSPS) is 11.7. The predicted molar refractivity (Wildman–Crippen MR) is 583 cm³/mol. The first kappa shape index (κ1) is 79.3. The molecule has 0 aliphatic rings. The van der Waals surface area contributed by atoms with E-state index in [4.69, 9.17) is 15.0 Å². The largest absolute Gasteiger partial charge is 0.256 e. The van der Waals surface area contributed by atoms with E-state index in [1.807, 2.05) is 40.2 Å². The second kappa shape index (κ2) is 33.3.